The fourth-order valence-electron chi connectivity index (χ4n) is 12.3. The maximum Gasteiger partial charge on any atom is 0.0358 e. The molecule has 0 saturated heterocycles. The zero-order chi connectivity index (χ0) is 24.4. The fraction of sp³-hybridized carbons (Fsp3) is 0.625. The van der Waals surface area contributed by atoms with E-state index in [1.807, 2.05) is 0 Å². The fourth-order valence-corrected chi connectivity index (χ4v) is 14.2. The number of benzene rings is 2. The molecule has 8 saturated carbocycles. The third-order valence-electron chi connectivity index (χ3n) is 12.4. The lowest BCUT2D eigenvalue weighted by Crippen LogP contribution is -2.71. The summed E-state index contributed by atoms with van der Waals surface area (Å²) in [6.07, 6.45) is 16.3. The molecule has 2 atom stereocenters. The van der Waals surface area contributed by atoms with Crippen LogP contribution in [0.4, 0.5) is 0 Å². The lowest BCUT2D eigenvalue weighted by atomic mass is 9.27. The first-order valence-corrected chi connectivity index (χ1v) is 17.4. The molecule has 0 spiro atoms. The lowest BCUT2D eigenvalue weighted by molar-refractivity contribution is -0.234. The van der Waals surface area contributed by atoms with Crippen molar-refractivity contribution in [3.8, 4) is 0 Å². The highest BCUT2D eigenvalue weighted by Crippen LogP contribution is 2.81. The van der Waals surface area contributed by atoms with Gasteiger partial charge in [0.2, 0.25) is 0 Å². The number of rotatable bonds is 3. The Morgan fingerprint density at radius 1 is 0.528 bits per heavy atom. The highest BCUT2D eigenvalue weighted by atomic mass is 79.9. The number of hydrogen-bond donors (Lipinski definition) is 0. The molecule has 8 aliphatic carbocycles. The van der Waals surface area contributed by atoms with Gasteiger partial charge in [0.1, 0.15) is 0 Å². The molecule has 0 N–H and O–H groups in total. The van der Waals surface area contributed by atoms with Crippen molar-refractivity contribution in [3.63, 3.8) is 0 Å². The van der Waals surface area contributed by atoms with E-state index in [0.717, 1.165) is 29.6 Å². The quantitative estimate of drug-likeness (QED) is 0.294. The molecule has 8 aliphatic rings. The normalized spacial score (nSPS) is 43.3. The van der Waals surface area contributed by atoms with Crippen LogP contribution < -0.4 is 0 Å². The first-order valence-electron chi connectivity index (χ1n) is 14.2. The molecule has 0 heterocycles. The summed E-state index contributed by atoms with van der Waals surface area (Å²) < 4.78 is 5.02. The van der Waals surface area contributed by atoms with Crippen LogP contribution in [0.3, 0.4) is 0 Å². The minimum Gasteiger partial charge on any atom is -0.0608 e. The van der Waals surface area contributed by atoms with Crippen LogP contribution in [0.5, 0.6) is 0 Å². The van der Waals surface area contributed by atoms with Crippen LogP contribution in [0.1, 0.15) is 81.8 Å². The molecule has 36 heavy (non-hydrogen) atoms. The Labute approximate surface area is 249 Å². The van der Waals surface area contributed by atoms with Crippen LogP contribution in [-0.4, -0.2) is 0 Å². The summed E-state index contributed by atoms with van der Waals surface area (Å²) in [5.41, 5.74) is 4.01. The Kier molecular flexibility index (Phi) is 5.51. The molecule has 8 fully saturated rings. The van der Waals surface area contributed by atoms with E-state index in [-0.39, 0.29) is 5.41 Å². The van der Waals surface area contributed by atoms with E-state index in [9.17, 15) is 0 Å². The SMILES string of the molecule is Brc1cccc(C2(c3cccc(Br)c3Br)C3CC4CC(C3)CC2(C23CC5CC(CC(C5)C2)C3)C4)c1Br. The van der Waals surface area contributed by atoms with Gasteiger partial charge in [0.05, 0.1) is 0 Å². The summed E-state index contributed by atoms with van der Waals surface area (Å²) in [5, 5.41) is 0. The van der Waals surface area contributed by atoms with Crippen LogP contribution in [0.2, 0.25) is 0 Å². The van der Waals surface area contributed by atoms with Crippen molar-refractivity contribution in [2.24, 2.45) is 46.3 Å². The average Bonchev–Trinajstić information content (AvgIpc) is 2.82. The number of halogens is 4. The van der Waals surface area contributed by atoms with E-state index in [1.165, 1.54) is 88.5 Å². The summed E-state index contributed by atoms with van der Waals surface area (Å²) in [7, 11) is 0. The molecule has 0 aliphatic heterocycles. The Balaban J connectivity index is 1.48. The molecule has 190 valence electrons. The second kappa shape index (κ2) is 8.20. The van der Waals surface area contributed by atoms with Gasteiger partial charge in [-0.2, -0.15) is 0 Å². The summed E-state index contributed by atoms with van der Waals surface area (Å²) in [6.45, 7) is 0. The highest BCUT2D eigenvalue weighted by molar-refractivity contribution is 9.13. The van der Waals surface area contributed by atoms with Crippen molar-refractivity contribution in [3.05, 3.63) is 65.4 Å². The van der Waals surface area contributed by atoms with Gasteiger partial charge in [0, 0.05) is 23.3 Å². The summed E-state index contributed by atoms with van der Waals surface area (Å²) in [4.78, 5) is 0. The molecule has 0 amide bonds. The maximum atomic E-state index is 4.19. The molecular weight excluding hydrogens is 704 g/mol. The molecule has 8 bridgehead atoms. The van der Waals surface area contributed by atoms with Gasteiger partial charge >= 0.3 is 0 Å². The Hall–Kier alpha value is 0.360. The largest absolute Gasteiger partial charge is 0.0608 e. The van der Waals surface area contributed by atoms with E-state index in [4.69, 9.17) is 0 Å². The number of hydrogen-bond acceptors (Lipinski definition) is 0. The van der Waals surface area contributed by atoms with Crippen LogP contribution in [0.15, 0.2) is 54.3 Å². The molecule has 2 aromatic carbocycles. The van der Waals surface area contributed by atoms with Gasteiger partial charge in [-0.15, -0.1) is 0 Å². The standard InChI is InChI=1S/C32H34Br4/c33-26-5-1-3-24(28(26)35)32(25-4-2-6-27(34)29(25)36)23-11-21-10-22(12-23)17-31(32,16-21)30-13-18-7-19(14-30)9-20(8-18)15-30/h1-6,18-23H,7-17H2. The first-order chi connectivity index (χ1) is 17.3. The molecule has 4 heteroatoms. The Morgan fingerprint density at radius 2 is 0.944 bits per heavy atom. The molecule has 0 radical (unpaired) electrons. The molecule has 0 aromatic heterocycles. The van der Waals surface area contributed by atoms with Gasteiger partial charge in [-0.3, -0.25) is 0 Å². The minimum atomic E-state index is 0.0390. The van der Waals surface area contributed by atoms with Crippen LogP contribution >= 0.6 is 63.7 Å². The van der Waals surface area contributed by atoms with Gasteiger partial charge in [-0.25, -0.2) is 0 Å². The zero-order valence-electron chi connectivity index (χ0n) is 20.7. The smallest absolute Gasteiger partial charge is 0.0358 e. The van der Waals surface area contributed by atoms with Crippen molar-refractivity contribution in [2.45, 2.75) is 76.0 Å². The van der Waals surface area contributed by atoms with Gasteiger partial charge in [-0.05, 0) is 204 Å². The second-order valence-electron chi connectivity index (χ2n) is 13.8. The van der Waals surface area contributed by atoms with E-state index < -0.39 is 0 Å². The van der Waals surface area contributed by atoms with Gasteiger partial charge in [0.25, 0.3) is 0 Å². The predicted octanol–water partition coefficient (Wildman–Crippen LogP) is 11.1. The van der Waals surface area contributed by atoms with Crippen molar-refractivity contribution < 1.29 is 0 Å². The zero-order valence-corrected chi connectivity index (χ0v) is 27.1. The summed E-state index contributed by atoms with van der Waals surface area (Å²) >= 11 is 16.3. The second-order valence-corrected chi connectivity index (χ2v) is 17.1. The van der Waals surface area contributed by atoms with Crippen molar-refractivity contribution >= 4 is 63.7 Å². The van der Waals surface area contributed by atoms with Crippen molar-refractivity contribution in [1.82, 2.24) is 0 Å². The van der Waals surface area contributed by atoms with E-state index in [0.29, 0.717) is 16.7 Å². The Bertz CT molecular complexity index is 1150. The van der Waals surface area contributed by atoms with Gasteiger partial charge in [-0.1, -0.05) is 24.3 Å². The maximum absolute atomic E-state index is 4.19. The summed E-state index contributed by atoms with van der Waals surface area (Å²) in [5.74, 6) is 5.53. The molecule has 10 rings (SSSR count). The molecule has 2 aromatic rings. The first kappa shape index (κ1) is 24.2. The summed E-state index contributed by atoms with van der Waals surface area (Å²) in [6, 6.07) is 14.1. The van der Waals surface area contributed by atoms with Crippen molar-refractivity contribution in [2.75, 3.05) is 0 Å². The van der Waals surface area contributed by atoms with Crippen LogP contribution in [-0.2, 0) is 5.41 Å². The molecule has 2 unspecified atom stereocenters. The average molecular weight is 738 g/mol. The monoisotopic (exact) mass is 734 g/mol. The van der Waals surface area contributed by atoms with Crippen LogP contribution in [0, 0.1) is 46.3 Å². The molecule has 0 nitrogen and oxygen atoms in total. The van der Waals surface area contributed by atoms with Gasteiger partial charge in [0.15, 0.2) is 0 Å². The molecular formula is C32H34Br4. The topological polar surface area (TPSA) is 0 Å². The lowest BCUT2D eigenvalue weighted by Gasteiger charge is -2.77. The third kappa shape index (κ3) is 2.98. The third-order valence-corrected chi connectivity index (χ3v) is 16.4. The van der Waals surface area contributed by atoms with Crippen LogP contribution in [0.25, 0.3) is 0 Å². The minimum absolute atomic E-state index is 0.0390. The Morgan fingerprint density at radius 3 is 1.39 bits per heavy atom. The predicted molar refractivity (Wildman–Crippen MR) is 161 cm³/mol. The van der Waals surface area contributed by atoms with Crippen molar-refractivity contribution in [1.29, 1.82) is 0 Å². The highest BCUT2D eigenvalue weighted by Gasteiger charge is 2.75. The van der Waals surface area contributed by atoms with Gasteiger partial charge < -0.3 is 0 Å². The van der Waals surface area contributed by atoms with E-state index >= 15 is 0 Å². The van der Waals surface area contributed by atoms with E-state index in [1.54, 1.807) is 11.1 Å². The van der Waals surface area contributed by atoms with E-state index in [2.05, 4.69) is 100 Å².